The summed E-state index contributed by atoms with van der Waals surface area (Å²) in [6.45, 7) is 3.80. The molecule has 4 aromatic rings. The molecule has 0 unspecified atom stereocenters. The van der Waals surface area contributed by atoms with Crippen LogP contribution in [0.25, 0.3) is 5.82 Å². The summed E-state index contributed by atoms with van der Waals surface area (Å²) in [7, 11) is 0. The minimum Gasteiger partial charge on any atom is -0.305 e. The Morgan fingerprint density at radius 2 is 1.90 bits per heavy atom. The van der Waals surface area contributed by atoms with E-state index >= 15 is 0 Å². The normalized spacial score (nSPS) is 10.8. The van der Waals surface area contributed by atoms with Crippen molar-refractivity contribution < 1.29 is 9.18 Å². The number of aromatic nitrogens is 6. The quantitative estimate of drug-likeness (QED) is 0.532. The second-order valence-electron chi connectivity index (χ2n) is 6.90. The van der Waals surface area contributed by atoms with Crippen LogP contribution in [0.3, 0.4) is 0 Å². The zero-order valence-electron chi connectivity index (χ0n) is 16.8. The molecule has 4 rings (SSSR count). The standard InChI is InChI=1S/C21H18FN7O2/c1-13-8-14(2)29(26-13)19-10-18(23-12-24-19)25-21(31)17-6-7-20(30)28(27-17)11-15-4-3-5-16(22)9-15/h3-10,12H,11H2,1-2H3,(H,23,24,25,31). The summed E-state index contributed by atoms with van der Waals surface area (Å²) in [6.07, 6.45) is 1.32. The molecule has 0 atom stereocenters. The Morgan fingerprint density at radius 1 is 1.06 bits per heavy atom. The van der Waals surface area contributed by atoms with Gasteiger partial charge < -0.3 is 5.32 Å². The van der Waals surface area contributed by atoms with Gasteiger partial charge in [-0.05, 0) is 43.7 Å². The van der Waals surface area contributed by atoms with Crippen molar-refractivity contribution in [2.24, 2.45) is 0 Å². The molecule has 0 aliphatic carbocycles. The molecule has 3 aromatic heterocycles. The second kappa shape index (κ2) is 8.27. The molecule has 0 saturated carbocycles. The molecule has 0 bridgehead atoms. The summed E-state index contributed by atoms with van der Waals surface area (Å²) in [5.41, 5.74) is 1.89. The average Bonchev–Trinajstić information content (AvgIpc) is 3.08. The van der Waals surface area contributed by atoms with Crippen LogP contribution in [-0.2, 0) is 6.54 Å². The summed E-state index contributed by atoms with van der Waals surface area (Å²) in [5, 5.41) is 11.1. The van der Waals surface area contributed by atoms with Crippen LogP contribution in [0.5, 0.6) is 0 Å². The Bertz CT molecular complexity index is 1330. The third-order valence-corrected chi connectivity index (χ3v) is 4.44. The number of carbonyl (C=O) groups excluding carboxylic acids is 1. The maximum atomic E-state index is 13.4. The molecule has 31 heavy (non-hydrogen) atoms. The van der Waals surface area contributed by atoms with Crippen molar-refractivity contribution in [2.75, 3.05) is 5.32 Å². The van der Waals surface area contributed by atoms with Gasteiger partial charge in [0.2, 0.25) is 0 Å². The monoisotopic (exact) mass is 419 g/mol. The molecule has 10 heteroatoms. The van der Waals surface area contributed by atoms with Gasteiger partial charge in [0.15, 0.2) is 5.82 Å². The highest BCUT2D eigenvalue weighted by Crippen LogP contribution is 2.13. The largest absolute Gasteiger partial charge is 0.305 e. The Morgan fingerprint density at radius 3 is 2.65 bits per heavy atom. The van der Waals surface area contributed by atoms with Crippen LogP contribution in [0, 0.1) is 19.7 Å². The Balaban J connectivity index is 1.56. The Kier molecular flexibility index (Phi) is 5.35. The number of benzene rings is 1. The third-order valence-electron chi connectivity index (χ3n) is 4.44. The molecule has 0 saturated heterocycles. The lowest BCUT2D eigenvalue weighted by Crippen LogP contribution is -2.26. The van der Waals surface area contributed by atoms with Crippen molar-refractivity contribution >= 4 is 11.7 Å². The lowest BCUT2D eigenvalue weighted by Gasteiger charge is -2.09. The van der Waals surface area contributed by atoms with Gasteiger partial charge in [-0.1, -0.05) is 12.1 Å². The Labute approximate surface area is 176 Å². The molecular weight excluding hydrogens is 401 g/mol. The van der Waals surface area contributed by atoms with Crippen molar-refractivity contribution in [3.63, 3.8) is 0 Å². The highest BCUT2D eigenvalue weighted by molar-refractivity contribution is 6.02. The maximum Gasteiger partial charge on any atom is 0.277 e. The van der Waals surface area contributed by atoms with Crippen molar-refractivity contribution in [1.82, 2.24) is 29.5 Å². The van der Waals surface area contributed by atoms with E-state index in [-0.39, 0.29) is 18.1 Å². The topological polar surface area (TPSA) is 108 Å². The number of nitrogens with zero attached hydrogens (tertiary/aromatic N) is 6. The van der Waals surface area contributed by atoms with Crippen LogP contribution >= 0.6 is 0 Å². The van der Waals surface area contributed by atoms with Gasteiger partial charge in [0.25, 0.3) is 11.5 Å². The highest BCUT2D eigenvalue weighted by Gasteiger charge is 2.13. The highest BCUT2D eigenvalue weighted by atomic mass is 19.1. The summed E-state index contributed by atoms with van der Waals surface area (Å²) < 4.78 is 16.2. The van der Waals surface area contributed by atoms with Gasteiger partial charge in [-0.15, -0.1) is 0 Å². The molecule has 9 nitrogen and oxygen atoms in total. The van der Waals surface area contributed by atoms with E-state index in [0.717, 1.165) is 16.1 Å². The van der Waals surface area contributed by atoms with Crippen LogP contribution < -0.4 is 10.9 Å². The fraction of sp³-hybridized carbons (Fsp3) is 0.143. The number of nitrogens with one attached hydrogen (secondary N) is 1. The number of anilines is 1. The third kappa shape index (κ3) is 4.53. The number of amides is 1. The average molecular weight is 419 g/mol. The van der Waals surface area contributed by atoms with Gasteiger partial charge in [-0.25, -0.2) is 23.7 Å². The van der Waals surface area contributed by atoms with E-state index in [0.29, 0.717) is 11.4 Å². The summed E-state index contributed by atoms with van der Waals surface area (Å²) >= 11 is 0. The molecule has 0 spiro atoms. The fourth-order valence-corrected chi connectivity index (χ4v) is 3.06. The van der Waals surface area contributed by atoms with Gasteiger partial charge in [0.1, 0.15) is 23.7 Å². The minimum atomic E-state index is -0.550. The molecule has 0 fully saturated rings. The molecule has 0 aliphatic heterocycles. The van der Waals surface area contributed by atoms with Crippen molar-refractivity contribution in [2.45, 2.75) is 20.4 Å². The lowest BCUT2D eigenvalue weighted by molar-refractivity contribution is 0.101. The SMILES string of the molecule is Cc1cc(C)n(-c2cc(NC(=O)c3ccc(=O)n(Cc4cccc(F)c4)n3)ncn2)n1. The second-order valence-corrected chi connectivity index (χ2v) is 6.90. The van der Waals surface area contributed by atoms with Gasteiger partial charge in [0.05, 0.1) is 12.2 Å². The first-order valence-corrected chi connectivity index (χ1v) is 9.39. The van der Waals surface area contributed by atoms with Gasteiger partial charge in [-0.2, -0.15) is 10.2 Å². The molecule has 1 amide bonds. The van der Waals surface area contributed by atoms with Crippen LogP contribution in [0.1, 0.15) is 27.4 Å². The smallest absolute Gasteiger partial charge is 0.277 e. The summed E-state index contributed by atoms with van der Waals surface area (Å²) in [6, 6.07) is 11.9. The number of hydrogen-bond donors (Lipinski definition) is 1. The molecule has 156 valence electrons. The zero-order chi connectivity index (χ0) is 22.0. The number of aryl methyl sites for hydroxylation is 2. The molecular formula is C21H18FN7O2. The van der Waals surface area contributed by atoms with Crippen LogP contribution in [0.15, 0.2) is 59.7 Å². The summed E-state index contributed by atoms with van der Waals surface area (Å²) in [4.78, 5) is 33.0. The number of halogens is 1. The maximum absolute atomic E-state index is 13.4. The van der Waals surface area contributed by atoms with E-state index < -0.39 is 17.3 Å². The molecule has 0 radical (unpaired) electrons. The predicted octanol–water partition coefficient (Wildman–Crippen LogP) is 2.28. The van der Waals surface area contributed by atoms with E-state index in [9.17, 15) is 14.0 Å². The van der Waals surface area contributed by atoms with Gasteiger partial charge >= 0.3 is 0 Å². The fourth-order valence-electron chi connectivity index (χ4n) is 3.06. The molecule has 1 N–H and O–H groups in total. The molecule has 0 aliphatic rings. The van der Waals surface area contributed by atoms with E-state index in [1.54, 1.807) is 22.9 Å². The van der Waals surface area contributed by atoms with Crippen LogP contribution in [0.4, 0.5) is 10.2 Å². The zero-order valence-corrected chi connectivity index (χ0v) is 16.8. The van der Waals surface area contributed by atoms with Crippen LogP contribution in [0.2, 0.25) is 0 Å². The lowest BCUT2D eigenvalue weighted by atomic mass is 10.2. The van der Waals surface area contributed by atoms with Gasteiger partial charge in [-0.3, -0.25) is 9.59 Å². The van der Waals surface area contributed by atoms with Crippen molar-refractivity contribution in [1.29, 1.82) is 0 Å². The molecule has 3 heterocycles. The first kappa shape index (κ1) is 20.1. The van der Waals surface area contributed by atoms with Gasteiger partial charge in [0, 0.05) is 17.8 Å². The molecule has 1 aromatic carbocycles. The van der Waals surface area contributed by atoms with E-state index in [1.165, 1.54) is 30.6 Å². The predicted molar refractivity (Wildman–Crippen MR) is 111 cm³/mol. The van der Waals surface area contributed by atoms with E-state index in [4.69, 9.17) is 0 Å². The first-order chi connectivity index (χ1) is 14.9. The van der Waals surface area contributed by atoms with Crippen LogP contribution in [-0.4, -0.2) is 35.4 Å². The van der Waals surface area contributed by atoms with Crippen molar-refractivity contribution in [3.05, 3.63) is 93.7 Å². The summed E-state index contributed by atoms with van der Waals surface area (Å²) in [5.74, 6) is -0.209. The van der Waals surface area contributed by atoms with E-state index in [2.05, 4.69) is 25.5 Å². The first-order valence-electron chi connectivity index (χ1n) is 9.39. The van der Waals surface area contributed by atoms with Crippen molar-refractivity contribution in [3.8, 4) is 5.82 Å². The van der Waals surface area contributed by atoms with E-state index in [1.807, 2.05) is 19.9 Å². The Hall–Kier alpha value is -4.21. The minimum absolute atomic E-state index is 0.0160. The number of hydrogen-bond acceptors (Lipinski definition) is 6. The number of carbonyl (C=O) groups is 1. The number of rotatable bonds is 5.